The summed E-state index contributed by atoms with van der Waals surface area (Å²) in [5.41, 5.74) is 1.56. The molecule has 0 aliphatic rings. The number of nitrogens with one attached hydrogen (secondary N) is 1. The van der Waals surface area contributed by atoms with E-state index in [0.717, 1.165) is 18.2 Å². The van der Waals surface area contributed by atoms with Crippen molar-refractivity contribution in [2.24, 2.45) is 0 Å². The van der Waals surface area contributed by atoms with Crippen LogP contribution in [-0.4, -0.2) is 19.5 Å². The molecule has 0 amide bonds. The van der Waals surface area contributed by atoms with Gasteiger partial charge in [0.05, 0.1) is 11.3 Å². The number of anilines is 1. The SMILES string of the molecule is O=C(O)c1cccc(-c2ccc(NS(=O)(=O)c3c(F)cccc3F)c3ccccc23)c1. The Labute approximate surface area is 176 Å². The van der Waals surface area contributed by atoms with Crippen molar-refractivity contribution in [1.29, 1.82) is 0 Å². The molecule has 0 spiro atoms. The molecule has 0 fully saturated rings. The van der Waals surface area contributed by atoms with Crippen molar-refractivity contribution in [3.8, 4) is 11.1 Å². The highest BCUT2D eigenvalue weighted by Crippen LogP contribution is 2.35. The topological polar surface area (TPSA) is 83.5 Å². The Morgan fingerprint density at radius 1 is 0.806 bits per heavy atom. The molecule has 8 heteroatoms. The lowest BCUT2D eigenvalue weighted by Crippen LogP contribution is -2.16. The molecule has 0 aliphatic carbocycles. The van der Waals surface area contributed by atoms with E-state index in [0.29, 0.717) is 21.9 Å². The maximum absolute atomic E-state index is 14.0. The third-order valence-corrected chi connectivity index (χ3v) is 6.19. The Hall–Kier alpha value is -3.78. The van der Waals surface area contributed by atoms with Crippen LogP contribution < -0.4 is 4.72 Å². The molecule has 0 atom stereocenters. The predicted molar refractivity (Wildman–Crippen MR) is 114 cm³/mol. The average molecular weight is 439 g/mol. The smallest absolute Gasteiger partial charge is 0.335 e. The van der Waals surface area contributed by atoms with Crippen molar-refractivity contribution >= 4 is 32.5 Å². The van der Waals surface area contributed by atoms with Crippen LogP contribution in [0.25, 0.3) is 21.9 Å². The summed E-state index contributed by atoms with van der Waals surface area (Å²) in [4.78, 5) is 10.3. The zero-order chi connectivity index (χ0) is 22.2. The molecule has 0 radical (unpaired) electrons. The fourth-order valence-corrected chi connectivity index (χ4v) is 4.61. The fourth-order valence-electron chi connectivity index (χ4n) is 3.39. The van der Waals surface area contributed by atoms with Crippen LogP contribution >= 0.6 is 0 Å². The van der Waals surface area contributed by atoms with Gasteiger partial charge in [-0.3, -0.25) is 4.72 Å². The van der Waals surface area contributed by atoms with Gasteiger partial charge in [-0.1, -0.05) is 48.5 Å². The number of carboxylic acid groups (broad SMARTS) is 1. The first-order chi connectivity index (χ1) is 14.8. The van der Waals surface area contributed by atoms with Gasteiger partial charge >= 0.3 is 5.97 Å². The molecule has 0 aliphatic heterocycles. The van der Waals surface area contributed by atoms with E-state index >= 15 is 0 Å². The number of aromatic carboxylic acids is 1. The van der Waals surface area contributed by atoms with Gasteiger partial charge in [0.2, 0.25) is 0 Å². The molecule has 0 saturated carbocycles. The first-order valence-electron chi connectivity index (χ1n) is 9.10. The van der Waals surface area contributed by atoms with Crippen LogP contribution in [0.2, 0.25) is 0 Å². The maximum atomic E-state index is 14.0. The van der Waals surface area contributed by atoms with Crippen molar-refractivity contribution in [2.75, 3.05) is 4.72 Å². The summed E-state index contributed by atoms with van der Waals surface area (Å²) in [5, 5.41) is 10.4. The zero-order valence-corrected chi connectivity index (χ0v) is 16.7. The van der Waals surface area contributed by atoms with Gasteiger partial charge in [0.15, 0.2) is 4.90 Å². The molecular weight excluding hydrogens is 424 g/mol. The molecule has 4 aromatic carbocycles. The van der Waals surface area contributed by atoms with Crippen molar-refractivity contribution in [3.05, 3.63) is 96.1 Å². The number of hydrogen-bond donors (Lipinski definition) is 2. The van der Waals surface area contributed by atoms with E-state index < -0.39 is 32.5 Å². The molecular formula is C23H15F2NO4S. The lowest BCUT2D eigenvalue weighted by molar-refractivity contribution is 0.0697. The van der Waals surface area contributed by atoms with Gasteiger partial charge in [-0.05, 0) is 46.8 Å². The second kappa shape index (κ2) is 7.81. The summed E-state index contributed by atoms with van der Waals surface area (Å²) in [7, 11) is -4.54. The molecule has 5 nitrogen and oxygen atoms in total. The number of carboxylic acids is 1. The lowest BCUT2D eigenvalue weighted by Gasteiger charge is -2.14. The Bertz CT molecular complexity index is 1410. The molecule has 0 bridgehead atoms. The lowest BCUT2D eigenvalue weighted by atomic mass is 9.96. The number of halogens is 2. The van der Waals surface area contributed by atoms with Crippen LogP contribution in [0.1, 0.15) is 10.4 Å². The summed E-state index contributed by atoms with van der Waals surface area (Å²) in [5.74, 6) is -3.46. The average Bonchev–Trinajstić information content (AvgIpc) is 2.73. The molecule has 0 saturated heterocycles. The van der Waals surface area contributed by atoms with Crippen molar-refractivity contribution in [2.45, 2.75) is 4.90 Å². The summed E-state index contributed by atoms with van der Waals surface area (Å²) >= 11 is 0. The first-order valence-corrected chi connectivity index (χ1v) is 10.6. The highest BCUT2D eigenvalue weighted by atomic mass is 32.2. The summed E-state index contributed by atoms with van der Waals surface area (Å²) < 4.78 is 55.8. The second-order valence-corrected chi connectivity index (χ2v) is 8.37. The van der Waals surface area contributed by atoms with Gasteiger partial charge in [-0.25, -0.2) is 22.0 Å². The molecule has 4 aromatic rings. The van der Waals surface area contributed by atoms with Gasteiger partial charge in [-0.15, -0.1) is 0 Å². The van der Waals surface area contributed by atoms with E-state index in [1.807, 2.05) is 0 Å². The summed E-state index contributed by atoms with van der Waals surface area (Å²) in [6, 6.07) is 19.1. The highest BCUT2D eigenvalue weighted by Gasteiger charge is 2.24. The molecule has 2 N–H and O–H groups in total. The minimum atomic E-state index is -4.54. The maximum Gasteiger partial charge on any atom is 0.335 e. The largest absolute Gasteiger partial charge is 0.478 e. The molecule has 0 aromatic heterocycles. The van der Waals surface area contributed by atoms with Gasteiger partial charge in [0, 0.05) is 5.39 Å². The van der Waals surface area contributed by atoms with E-state index in [9.17, 15) is 27.1 Å². The fraction of sp³-hybridized carbons (Fsp3) is 0. The van der Waals surface area contributed by atoms with Gasteiger partial charge in [-0.2, -0.15) is 0 Å². The van der Waals surface area contributed by atoms with Crippen LogP contribution in [0.15, 0.2) is 83.8 Å². The van der Waals surface area contributed by atoms with Crippen molar-refractivity contribution < 1.29 is 27.1 Å². The van der Waals surface area contributed by atoms with Gasteiger partial charge in [0.25, 0.3) is 10.0 Å². The number of carbonyl (C=O) groups is 1. The minimum absolute atomic E-state index is 0.112. The third-order valence-electron chi connectivity index (χ3n) is 4.78. The Morgan fingerprint density at radius 3 is 2.13 bits per heavy atom. The van der Waals surface area contributed by atoms with Crippen molar-refractivity contribution in [3.63, 3.8) is 0 Å². The summed E-state index contributed by atoms with van der Waals surface area (Å²) in [6.45, 7) is 0. The Morgan fingerprint density at radius 2 is 1.45 bits per heavy atom. The van der Waals surface area contributed by atoms with E-state index in [1.54, 1.807) is 42.5 Å². The van der Waals surface area contributed by atoms with E-state index in [-0.39, 0.29) is 11.3 Å². The molecule has 156 valence electrons. The standard InChI is InChI=1S/C23H15F2NO4S/c24-19-9-4-10-20(25)22(19)31(29,30)26-21-12-11-16(17-7-1-2-8-18(17)21)14-5-3-6-15(13-14)23(27)28/h1-13,26H,(H,27,28). The number of rotatable bonds is 5. The van der Waals surface area contributed by atoms with Gasteiger partial charge in [0.1, 0.15) is 11.6 Å². The zero-order valence-electron chi connectivity index (χ0n) is 15.8. The van der Waals surface area contributed by atoms with Crippen LogP contribution in [0.4, 0.5) is 14.5 Å². The number of benzene rings is 4. The molecule has 0 unspecified atom stereocenters. The Kier molecular flexibility index (Phi) is 5.16. The van der Waals surface area contributed by atoms with Crippen molar-refractivity contribution in [1.82, 2.24) is 0 Å². The van der Waals surface area contributed by atoms with Crippen LogP contribution in [0.5, 0.6) is 0 Å². The first kappa shape index (κ1) is 20.5. The normalized spacial score (nSPS) is 11.4. The molecule has 4 rings (SSSR count). The Balaban J connectivity index is 1.85. The van der Waals surface area contributed by atoms with Crippen LogP contribution in [0, 0.1) is 11.6 Å². The number of hydrogen-bond acceptors (Lipinski definition) is 3. The van der Waals surface area contributed by atoms with E-state index in [4.69, 9.17) is 0 Å². The van der Waals surface area contributed by atoms with Crippen LogP contribution in [-0.2, 0) is 10.0 Å². The third kappa shape index (κ3) is 3.85. The van der Waals surface area contributed by atoms with Crippen LogP contribution in [0.3, 0.4) is 0 Å². The molecule has 0 heterocycles. The van der Waals surface area contributed by atoms with E-state index in [1.165, 1.54) is 18.2 Å². The monoisotopic (exact) mass is 439 g/mol. The second-order valence-electron chi connectivity index (χ2n) is 6.75. The summed E-state index contributed by atoms with van der Waals surface area (Å²) in [6.07, 6.45) is 0. The van der Waals surface area contributed by atoms with E-state index in [2.05, 4.69) is 4.72 Å². The quantitative estimate of drug-likeness (QED) is 0.443. The molecule has 31 heavy (non-hydrogen) atoms. The number of sulfonamides is 1. The minimum Gasteiger partial charge on any atom is -0.478 e. The van der Waals surface area contributed by atoms with Gasteiger partial charge < -0.3 is 5.11 Å². The highest BCUT2D eigenvalue weighted by molar-refractivity contribution is 7.92. The predicted octanol–water partition coefficient (Wildman–Crippen LogP) is 5.28. The number of fused-ring (bicyclic) bond motifs is 1.